The van der Waals surface area contributed by atoms with Crippen LogP contribution in [0.5, 0.6) is 0 Å². The molecule has 18 aromatic rings. The van der Waals surface area contributed by atoms with Crippen LogP contribution in [0.3, 0.4) is 0 Å². The molecular formula is C125H113N13O9. The summed E-state index contributed by atoms with van der Waals surface area (Å²) in [5.74, 6) is -0.983. The summed E-state index contributed by atoms with van der Waals surface area (Å²) >= 11 is 0. The van der Waals surface area contributed by atoms with Crippen molar-refractivity contribution in [3.05, 3.63) is 462 Å². The molecule has 15 aromatic carbocycles. The van der Waals surface area contributed by atoms with Crippen molar-refractivity contribution in [3.63, 3.8) is 0 Å². The van der Waals surface area contributed by atoms with Gasteiger partial charge in [-0.1, -0.05) is 152 Å². The van der Waals surface area contributed by atoms with Crippen LogP contribution in [0.4, 0.5) is 50.3 Å². The molecule has 1 fully saturated rings. The number of hydrogen-bond donors (Lipinski definition) is 6. The number of nitriles is 1. The van der Waals surface area contributed by atoms with Crippen molar-refractivity contribution in [1.82, 2.24) is 19.9 Å². The number of benzene rings is 15. The molecule has 6 N–H and O–H groups in total. The van der Waals surface area contributed by atoms with E-state index in [1.54, 1.807) is 61.1 Å². The minimum Gasteiger partial charge on any atom is -0.465 e. The van der Waals surface area contributed by atoms with Crippen molar-refractivity contribution in [2.75, 3.05) is 103 Å². The van der Waals surface area contributed by atoms with Crippen molar-refractivity contribution < 1.29 is 43.0 Å². The van der Waals surface area contributed by atoms with Crippen LogP contribution in [-0.2, 0) is 15.9 Å². The Morgan fingerprint density at radius 3 is 1.14 bits per heavy atom. The number of anilines is 8. The highest BCUT2D eigenvalue weighted by Crippen LogP contribution is 2.37. The van der Waals surface area contributed by atoms with Crippen molar-refractivity contribution in [2.45, 2.75) is 47.5 Å². The number of aryl methyl sites for hydroxylation is 6. The van der Waals surface area contributed by atoms with E-state index in [2.05, 4.69) is 128 Å². The number of methoxy groups -OCH3 is 1. The van der Waals surface area contributed by atoms with Crippen LogP contribution in [0, 0.1) is 45.9 Å². The molecule has 0 saturated carbocycles. The highest BCUT2D eigenvalue weighted by Gasteiger charge is 2.22. The number of esters is 1. The molecule has 0 radical (unpaired) electrons. The molecule has 1 saturated heterocycles. The van der Waals surface area contributed by atoms with Gasteiger partial charge in [0.15, 0.2) is 0 Å². The van der Waals surface area contributed by atoms with Crippen LogP contribution in [0.2, 0.25) is 0 Å². The molecule has 147 heavy (non-hydrogen) atoms. The first kappa shape index (κ1) is 103. The fourth-order valence-corrected chi connectivity index (χ4v) is 16.9. The number of pyridine rings is 3. The van der Waals surface area contributed by atoms with E-state index in [9.17, 15) is 33.6 Å². The minimum atomic E-state index is -0.366. The molecule has 0 bridgehead atoms. The van der Waals surface area contributed by atoms with Crippen LogP contribution in [-0.4, -0.2) is 123 Å². The van der Waals surface area contributed by atoms with E-state index in [4.69, 9.17) is 14.7 Å². The summed E-state index contributed by atoms with van der Waals surface area (Å²) in [6, 6.07) is 110. The smallest absolute Gasteiger partial charge is 0.337 e. The predicted molar refractivity (Wildman–Crippen MR) is 596 cm³/mol. The molecule has 7 amide bonds. The third kappa shape index (κ3) is 27.2. The molecular weight excluding hydrogens is 1830 g/mol. The van der Waals surface area contributed by atoms with E-state index in [0.29, 0.717) is 76.6 Å². The van der Waals surface area contributed by atoms with E-state index >= 15 is 0 Å². The number of carbonyl (C=O) groups is 7. The van der Waals surface area contributed by atoms with Crippen LogP contribution in [0.1, 0.15) is 108 Å². The summed E-state index contributed by atoms with van der Waals surface area (Å²) in [5.41, 5.74) is 27.4. The summed E-state index contributed by atoms with van der Waals surface area (Å²) in [4.78, 5) is 106. The first-order valence-electron chi connectivity index (χ1n) is 48.1. The molecule has 22 nitrogen and oxygen atoms in total. The number of allylic oxidation sites excluding steroid dienone is 1. The number of morpholine rings is 1. The Kier molecular flexibility index (Phi) is 34.4. The maximum atomic E-state index is 13.0. The molecule has 732 valence electrons. The van der Waals surface area contributed by atoms with Gasteiger partial charge >= 0.3 is 12.0 Å². The normalized spacial score (nSPS) is 11.2. The lowest BCUT2D eigenvalue weighted by Gasteiger charge is -2.26. The van der Waals surface area contributed by atoms with Crippen LogP contribution in [0.25, 0.3) is 88.0 Å². The first-order valence-corrected chi connectivity index (χ1v) is 48.1. The molecule has 1 aliphatic rings. The number of para-hydroxylation sites is 1. The van der Waals surface area contributed by atoms with Gasteiger partial charge in [-0.25, -0.2) is 9.59 Å². The van der Waals surface area contributed by atoms with Gasteiger partial charge in [-0.2, -0.15) is 5.26 Å². The lowest BCUT2D eigenvalue weighted by Crippen LogP contribution is -2.40. The lowest BCUT2D eigenvalue weighted by molar-refractivity contribution is 0.0303. The molecule has 22 heteroatoms. The highest BCUT2D eigenvalue weighted by atomic mass is 16.5. The topological polar surface area (TPSA) is 282 Å². The second-order valence-electron chi connectivity index (χ2n) is 35.8. The Morgan fingerprint density at radius 2 is 0.735 bits per heavy atom. The van der Waals surface area contributed by atoms with Gasteiger partial charge < -0.3 is 56.1 Å². The second kappa shape index (κ2) is 49.2. The third-order valence-corrected chi connectivity index (χ3v) is 25.1. The Hall–Kier alpha value is -18.6. The zero-order valence-electron chi connectivity index (χ0n) is 83.6. The van der Waals surface area contributed by atoms with Crippen LogP contribution < -0.4 is 41.7 Å². The largest absolute Gasteiger partial charge is 0.465 e. The summed E-state index contributed by atoms with van der Waals surface area (Å²) < 4.78 is 10.1. The van der Waals surface area contributed by atoms with E-state index in [0.717, 1.165) is 168 Å². The Labute approximate surface area is 856 Å². The molecule has 19 rings (SSSR count). The molecule has 3 aromatic heterocycles. The fraction of sp³-hybridized carbons (Fsp3) is 0.128. The standard InChI is InChI=1S/C27H29N3O3.C27H24N2O.C24H17N3O.C24H24N2O3.C23H19N3O/c1-19-7-12-23(28-26(31)22-5-4-6-24(17-22)29(2)3)18-25(19)20-8-10-21(11-9-20)27(32)30-13-15-33-16-14-30;1-3-4-7-21-8-5-6-9-25(21)27(30)29-24-13-10-19(2)26(17-24)22-12-11-20-14-15-28-18-23(20)16-22;1-16-5-8-22(27-24(28)20-4-2-3-17(11-20)14-25)13-23(16)19-7-6-18-9-10-26-15-21(18)12-19;1-16-8-13-20(25-23(27)19-6-5-7-21(14-19)26(2)3)15-22(16)17-9-11-18(12-10-17)24(28)29-4;1-16-7-10-21(26-23(27)25-20-5-3-2-4-6-20)14-22(16)18-9-8-17-11-12-24-15-19(17)13-18/h4-12,17-18H,13-16H2,1-3H3,(H,28,31);3,5-6,8-18H,1,4,7H2,2H3,(H,29,30);2-13,15H,1H3,(H,27,28);5-15H,1-4H3,(H,25,27);2-15H,1H3,(H2,25,26,27). The third-order valence-electron chi connectivity index (χ3n) is 25.1. The van der Waals surface area contributed by atoms with Crippen LogP contribution >= 0.6 is 0 Å². The molecule has 4 heterocycles. The number of nitrogens with one attached hydrogen (secondary N) is 6. The zero-order valence-corrected chi connectivity index (χ0v) is 83.6. The van der Waals surface area contributed by atoms with Gasteiger partial charge in [0.05, 0.1) is 37.5 Å². The van der Waals surface area contributed by atoms with Gasteiger partial charge in [-0.05, 0) is 347 Å². The van der Waals surface area contributed by atoms with Crippen molar-refractivity contribution in [2.24, 2.45) is 0 Å². The van der Waals surface area contributed by atoms with Gasteiger partial charge in [0.2, 0.25) is 0 Å². The van der Waals surface area contributed by atoms with Gasteiger partial charge in [-0.3, -0.25) is 38.9 Å². The summed E-state index contributed by atoms with van der Waals surface area (Å²) in [6.07, 6.45) is 14.5. The number of urea groups is 1. The predicted octanol–water partition coefficient (Wildman–Crippen LogP) is 27.0. The zero-order chi connectivity index (χ0) is 103. The number of aromatic nitrogens is 3. The first-order chi connectivity index (χ1) is 71.3. The van der Waals surface area contributed by atoms with Gasteiger partial charge in [0.1, 0.15) is 0 Å². The van der Waals surface area contributed by atoms with Crippen molar-refractivity contribution in [3.8, 4) is 61.7 Å². The summed E-state index contributed by atoms with van der Waals surface area (Å²) in [7, 11) is 9.14. The van der Waals surface area contributed by atoms with Gasteiger partial charge in [-0.15, -0.1) is 6.58 Å². The Bertz CT molecular complexity index is 7910. The Morgan fingerprint density at radius 1 is 0.367 bits per heavy atom. The number of hydrogen-bond acceptors (Lipinski definition) is 15. The number of fused-ring (bicyclic) bond motifs is 3. The molecule has 1 aliphatic heterocycles. The monoisotopic (exact) mass is 1940 g/mol. The van der Waals surface area contributed by atoms with E-state index in [1.807, 2.05) is 331 Å². The Balaban J connectivity index is 0.000000138. The van der Waals surface area contributed by atoms with E-state index in [1.165, 1.54) is 7.11 Å². The van der Waals surface area contributed by atoms with Crippen molar-refractivity contribution in [1.29, 1.82) is 5.26 Å². The lowest BCUT2D eigenvalue weighted by atomic mass is 9.97. The maximum absolute atomic E-state index is 13.0. The average molecular weight is 1940 g/mol. The molecule has 0 unspecified atom stereocenters. The van der Waals surface area contributed by atoms with Crippen molar-refractivity contribution >= 4 is 119 Å². The van der Waals surface area contributed by atoms with Crippen LogP contribution in [0.15, 0.2) is 390 Å². The SMILES string of the molecule is C=CCCc1ccccc1C(=O)Nc1ccc(C)c(-c2ccc3ccncc3c2)c1.COC(=O)c1ccc(-c2cc(NC(=O)c3cccc(N(C)C)c3)ccc2C)cc1.Cc1ccc(NC(=O)Nc2ccccc2)cc1-c1ccc2ccncc2c1.Cc1ccc(NC(=O)c2cccc(C#N)c2)cc1-c1ccc2ccncc2c1.Cc1ccc(NC(=O)c2cccc(N(C)C)c2)cc1-c1ccc(C(=O)N2CCOCC2)cc1. The van der Waals surface area contributed by atoms with E-state index < -0.39 is 0 Å². The van der Waals surface area contributed by atoms with E-state index in [-0.39, 0.29) is 41.5 Å². The minimum absolute atomic E-state index is 0.0301. The fourth-order valence-electron chi connectivity index (χ4n) is 16.9. The summed E-state index contributed by atoms with van der Waals surface area (Å²) in [5, 5.41) is 33.4. The number of rotatable bonds is 22. The van der Waals surface area contributed by atoms with Gasteiger partial charge in [0, 0.05) is 168 Å². The maximum Gasteiger partial charge on any atom is 0.337 e. The average Bonchev–Trinajstić information content (AvgIpc) is 0.835. The second-order valence-corrected chi connectivity index (χ2v) is 35.8. The summed E-state index contributed by atoms with van der Waals surface area (Å²) in [6.45, 7) is 16.4. The quantitative estimate of drug-likeness (QED) is 0.0272. The number of ether oxygens (including phenoxy) is 2. The number of carbonyl (C=O) groups excluding carboxylic acids is 7. The highest BCUT2D eigenvalue weighted by molar-refractivity contribution is 6.09. The molecule has 0 spiro atoms. The number of nitrogens with zero attached hydrogens (tertiary/aromatic N) is 7. The number of amides is 7. The molecule has 0 aliphatic carbocycles. The van der Waals surface area contributed by atoms with Gasteiger partial charge in [0.25, 0.3) is 29.5 Å². The molecule has 0 atom stereocenters.